The summed E-state index contributed by atoms with van der Waals surface area (Å²) in [5.74, 6) is -0.115. The quantitative estimate of drug-likeness (QED) is 0.204. The number of thioether (sulfide) groups is 1. The Kier molecular flexibility index (Phi) is 8.05. The molecule has 3 aromatic carbocycles. The predicted molar refractivity (Wildman–Crippen MR) is 160 cm³/mol. The zero-order valence-electron chi connectivity index (χ0n) is 22.7. The molecule has 5 rings (SSSR count). The van der Waals surface area contributed by atoms with Crippen molar-refractivity contribution in [3.05, 3.63) is 119 Å². The molecule has 1 aromatic heterocycles. The molecule has 4 aromatic rings. The van der Waals surface area contributed by atoms with E-state index in [9.17, 15) is 18.0 Å². The summed E-state index contributed by atoms with van der Waals surface area (Å²) in [6.07, 6.45) is 1.49. The highest BCUT2D eigenvalue weighted by Gasteiger charge is 2.39. The van der Waals surface area contributed by atoms with Crippen LogP contribution in [0.4, 0.5) is 11.4 Å². The van der Waals surface area contributed by atoms with Crippen LogP contribution in [0.5, 0.6) is 0 Å². The third-order valence-electron chi connectivity index (χ3n) is 6.50. The Morgan fingerprint density at radius 2 is 1.61 bits per heavy atom. The van der Waals surface area contributed by atoms with Crippen LogP contribution < -0.4 is 10.0 Å². The molecular formula is C31H29N3O5S2. The maximum Gasteiger partial charge on any atom is 0.278 e. The SMILES string of the molecule is Cc1ccc(S(=O)(=O)Nc2cccc(SC3=C(Nc4ccc(C(C)C)cc4)C(=O)N(Cc4ccco4)C3=O)c2)cc1. The fraction of sp³-hybridized carbons (Fsp3) is 0.161. The Bertz CT molecular complexity index is 1710. The number of carbonyl (C=O) groups excluding carboxylic acids is 2. The predicted octanol–water partition coefficient (Wildman–Crippen LogP) is 6.50. The van der Waals surface area contributed by atoms with E-state index in [1.54, 1.807) is 60.7 Å². The normalized spacial score (nSPS) is 13.8. The molecule has 2 amide bonds. The molecule has 0 fully saturated rings. The number of hydrogen-bond acceptors (Lipinski definition) is 7. The van der Waals surface area contributed by atoms with Crippen molar-refractivity contribution in [3.8, 4) is 0 Å². The Morgan fingerprint density at radius 3 is 2.27 bits per heavy atom. The number of anilines is 2. The van der Waals surface area contributed by atoms with E-state index in [1.807, 2.05) is 31.2 Å². The molecule has 0 saturated heterocycles. The smallest absolute Gasteiger partial charge is 0.278 e. The van der Waals surface area contributed by atoms with Gasteiger partial charge in [0.15, 0.2) is 0 Å². The summed E-state index contributed by atoms with van der Waals surface area (Å²) in [6, 6.07) is 24.4. The van der Waals surface area contributed by atoms with Crippen LogP contribution in [0.25, 0.3) is 0 Å². The van der Waals surface area contributed by atoms with Crippen molar-refractivity contribution in [3.63, 3.8) is 0 Å². The second kappa shape index (κ2) is 11.7. The van der Waals surface area contributed by atoms with Gasteiger partial charge in [0.05, 0.1) is 17.7 Å². The van der Waals surface area contributed by atoms with E-state index in [1.165, 1.54) is 6.26 Å². The molecule has 0 radical (unpaired) electrons. The summed E-state index contributed by atoms with van der Waals surface area (Å²) in [5.41, 5.74) is 3.25. The van der Waals surface area contributed by atoms with E-state index in [-0.39, 0.29) is 22.0 Å². The molecule has 1 aliphatic heterocycles. The number of furan rings is 1. The molecule has 41 heavy (non-hydrogen) atoms. The number of sulfonamides is 1. The molecule has 8 nitrogen and oxygen atoms in total. The van der Waals surface area contributed by atoms with E-state index < -0.39 is 21.8 Å². The van der Waals surface area contributed by atoms with Crippen LogP contribution in [0.15, 0.2) is 116 Å². The van der Waals surface area contributed by atoms with Gasteiger partial charge in [-0.05, 0) is 73.0 Å². The first-order valence-electron chi connectivity index (χ1n) is 13.0. The zero-order valence-corrected chi connectivity index (χ0v) is 24.4. The van der Waals surface area contributed by atoms with Crippen LogP contribution in [-0.4, -0.2) is 25.1 Å². The van der Waals surface area contributed by atoms with E-state index in [4.69, 9.17) is 4.42 Å². The number of hydrogen-bond donors (Lipinski definition) is 2. The Hall–Kier alpha value is -4.28. The van der Waals surface area contributed by atoms with Crippen LogP contribution in [0, 0.1) is 6.92 Å². The van der Waals surface area contributed by atoms with Crippen molar-refractivity contribution in [2.24, 2.45) is 0 Å². The van der Waals surface area contributed by atoms with Gasteiger partial charge in [-0.15, -0.1) is 0 Å². The molecule has 10 heteroatoms. The molecule has 210 valence electrons. The van der Waals surface area contributed by atoms with Crippen molar-refractivity contribution in [2.45, 2.75) is 43.0 Å². The van der Waals surface area contributed by atoms with Gasteiger partial charge >= 0.3 is 0 Å². The average Bonchev–Trinajstić information content (AvgIpc) is 3.53. The first-order valence-corrected chi connectivity index (χ1v) is 15.3. The maximum atomic E-state index is 13.6. The molecular weight excluding hydrogens is 558 g/mol. The van der Waals surface area contributed by atoms with Gasteiger partial charge in [-0.3, -0.25) is 19.2 Å². The molecule has 0 spiro atoms. The molecule has 2 N–H and O–H groups in total. The fourth-order valence-corrected chi connectivity index (χ4v) is 6.28. The van der Waals surface area contributed by atoms with Gasteiger partial charge in [0.2, 0.25) is 0 Å². The minimum Gasteiger partial charge on any atom is -0.467 e. The van der Waals surface area contributed by atoms with Gasteiger partial charge in [-0.1, -0.05) is 61.5 Å². The number of benzene rings is 3. The van der Waals surface area contributed by atoms with Crippen molar-refractivity contribution in [2.75, 3.05) is 10.0 Å². The highest BCUT2D eigenvalue weighted by Crippen LogP contribution is 2.37. The van der Waals surface area contributed by atoms with Crippen molar-refractivity contribution < 1.29 is 22.4 Å². The summed E-state index contributed by atoms with van der Waals surface area (Å²) in [4.78, 5) is 29.1. The van der Waals surface area contributed by atoms with Gasteiger partial charge in [0.25, 0.3) is 21.8 Å². The average molecular weight is 588 g/mol. The summed E-state index contributed by atoms with van der Waals surface area (Å²) in [7, 11) is -3.82. The fourth-order valence-electron chi connectivity index (χ4n) is 4.23. The summed E-state index contributed by atoms with van der Waals surface area (Å²) in [5, 5.41) is 3.15. The monoisotopic (exact) mass is 587 g/mol. The molecule has 1 aliphatic rings. The Balaban J connectivity index is 1.43. The molecule has 0 aliphatic carbocycles. The lowest BCUT2D eigenvalue weighted by Gasteiger charge is -2.14. The zero-order chi connectivity index (χ0) is 29.1. The number of nitrogens with one attached hydrogen (secondary N) is 2. The van der Waals surface area contributed by atoms with Crippen LogP contribution in [0.3, 0.4) is 0 Å². The van der Waals surface area contributed by atoms with Crippen molar-refractivity contribution in [1.82, 2.24) is 4.90 Å². The summed E-state index contributed by atoms with van der Waals surface area (Å²) >= 11 is 1.09. The summed E-state index contributed by atoms with van der Waals surface area (Å²) < 4.78 is 33.8. The number of carbonyl (C=O) groups is 2. The standard InChI is InChI=1S/C31H29N3O5S2/c1-20(2)22-11-13-23(14-12-22)32-28-29(31(36)34(30(28)35)19-25-7-5-17-39-25)40-26-8-4-6-24(18-26)33-41(37,38)27-15-9-21(3)10-16-27/h4-18,20,32-33H,19H2,1-3H3. The van der Waals surface area contributed by atoms with Gasteiger partial charge in [0.1, 0.15) is 16.4 Å². The largest absolute Gasteiger partial charge is 0.467 e. The van der Waals surface area contributed by atoms with Crippen molar-refractivity contribution >= 4 is 45.0 Å². The topological polar surface area (TPSA) is 109 Å². The van der Waals surface area contributed by atoms with Gasteiger partial charge in [-0.2, -0.15) is 0 Å². The first-order chi connectivity index (χ1) is 19.6. The van der Waals surface area contributed by atoms with E-state index >= 15 is 0 Å². The third-order valence-corrected chi connectivity index (χ3v) is 8.97. The Labute approximate surface area is 243 Å². The molecule has 0 unspecified atom stereocenters. The lowest BCUT2D eigenvalue weighted by atomic mass is 10.0. The lowest BCUT2D eigenvalue weighted by molar-refractivity contribution is -0.138. The van der Waals surface area contributed by atoms with E-state index in [2.05, 4.69) is 23.9 Å². The Morgan fingerprint density at radius 1 is 0.878 bits per heavy atom. The second-order valence-electron chi connectivity index (χ2n) is 9.93. The van der Waals surface area contributed by atoms with E-state index in [0.29, 0.717) is 27.9 Å². The van der Waals surface area contributed by atoms with Crippen LogP contribution >= 0.6 is 11.8 Å². The number of aryl methyl sites for hydroxylation is 1. The summed E-state index contributed by atoms with van der Waals surface area (Å²) in [6.45, 7) is 6.07. The molecule has 2 heterocycles. The lowest BCUT2D eigenvalue weighted by Crippen LogP contribution is -2.31. The first kappa shape index (κ1) is 28.3. The van der Waals surface area contributed by atoms with Gasteiger partial charge in [-0.25, -0.2) is 8.42 Å². The van der Waals surface area contributed by atoms with Crippen LogP contribution in [-0.2, 0) is 26.2 Å². The maximum absolute atomic E-state index is 13.6. The van der Waals surface area contributed by atoms with Crippen molar-refractivity contribution in [1.29, 1.82) is 0 Å². The second-order valence-corrected chi connectivity index (χ2v) is 12.7. The number of imide groups is 1. The highest BCUT2D eigenvalue weighted by atomic mass is 32.2. The number of rotatable bonds is 10. The molecule has 0 atom stereocenters. The third kappa shape index (κ3) is 6.39. The van der Waals surface area contributed by atoms with Crippen LogP contribution in [0.2, 0.25) is 0 Å². The highest BCUT2D eigenvalue weighted by molar-refractivity contribution is 8.04. The number of amides is 2. The minimum absolute atomic E-state index is 0.0113. The molecule has 0 saturated carbocycles. The van der Waals surface area contributed by atoms with Gasteiger partial charge < -0.3 is 9.73 Å². The van der Waals surface area contributed by atoms with Crippen LogP contribution in [0.1, 0.15) is 36.7 Å². The minimum atomic E-state index is -3.82. The number of nitrogens with zero attached hydrogens (tertiary/aromatic N) is 1. The van der Waals surface area contributed by atoms with E-state index in [0.717, 1.165) is 27.8 Å². The van der Waals surface area contributed by atoms with Gasteiger partial charge in [0, 0.05) is 16.3 Å². The molecule has 0 bridgehead atoms.